The van der Waals surface area contributed by atoms with Gasteiger partial charge < -0.3 is 15.0 Å². The highest BCUT2D eigenvalue weighted by Crippen LogP contribution is 2.19. The number of amides is 2. The zero-order chi connectivity index (χ0) is 17.5. The van der Waals surface area contributed by atoms with Crippen molar-refractivity contribution < 1.29 is 14.3 Å². The smallest absolute Gasteiger partial charge is 0.237 e. The minimum Gasteiger partial charge on any atom is -0.496 e. The van der Waals surface area contributed by atoms with E-state index in [2.05, 4.69) is 5.32 Å². The molecule has 1 fully saturated rings. The van der Waals surface area contributed by atoms with E-state index in [-0.39, 0.29) is 18.2 Å². The number of ether oxygens (including phenoxy) is 1. The predicted octanol–water partition coefficient (Wildman–Crippen LogP) is 0.987. The number of benzene rings is 1. The minimum absolute atomic E-state index is 0.0456. The summed E-state index contributed by atoms with van der Waals surface area (Å²) in [5.74, 6) is 0.683. The van der Waals surface area contributed by atoms with E-state index in [1.165, 1.54) is 4.90 Å². The molecule has 24 heavy (non-hydrogen) atoms. The normalized spacial score (nSPS) is 18.5. The molecule has 6 nitrogen and oxygen atoms in total. The topological polar surface area (TPSA) is 61.9 Å². The van der Waals surface area contributed by atoms with Crippen LogP contribution in [0.3, 0.4) is 0 Å². The summed E-state index contributed by atoms with van der Waals surface area (Å²) >= 11 is 0. The van der Waals surface area contributed by atoms with Crippen LogP contribution in [0, 0.1) is 0 Å². The first-order valence-corrected chi connectivity index (χ1v) is 8.04. The molecular weight excluding hydrogens is 306 g/mol. The number of rotatable bonds is 6. The SMILES string of the molecule is COc1ccccc1/C=C/CN1CCNC(=O)C1CC(=O)N(C)C. The second kappa shape index (κ2) is 8.49. The zero-order valence-corrected chi connectivity index (χ0v) is 14.5. The molecule has 0 aromatic heterocycles. The summed E-state index contributed by atoms with van der Waals surface area (Å²) in [7, 11) is 5.05. The van der Waals surface area contributed by atoms with Crippen molar-refractivity contribution in [2.24, 2.45) is 0 Å². The number of piperazine rings is 1. The fraction of sp³-hybridized carbons (Fsp3) is 0.444. The molecule has 1 unspecified atom stereocenters. The van der Waals surface area contributed by atoms with E-state index in [1.807, 2.05) is 41.3 Å². The van der Waals surface area contributed by atoms with E-state index in [0.717, 1.165) is 17.9 Å². The number of nitrogens with zero attached hydrogens (tertiary/aromatic N) is 2. The Morgan fingerprint density at radius 1 is 1.42 bits per heavy atom. The van der Waals surface area contributed by atoms with Crippen LogP contribution in [0.2, 0.25) is 0 Å². The third kappa shape index (κ3) is 4.58. The van der Waals surface area contributed by atoms with Crippen LogP contribution in [-0.2, 0) is 9.59 Å². The quantitative estimate of drug-likeness (QED) is 0.844. The van der Waals surface area contributed by atoms with Crippen LogP contribution in [0.1, 0.15) is 12.0 Å². The molecule has 1 aromatic carbocycles. The molecular formula is C18H25N3O3. The molecule has 1 atom stereocenters. The number of hydrogen-bond donors (Lipinski definition) is 1. The molecule has 0 spiro atoms. The lowest BCUT2D eigenvalue weighted by molar-refractivity contribution is -0.137. The monoisotopic (exact) mass is 331 g/mol. The number of hydrogen-bond acceptors (Lipinski definition) is 4. The van der Waals surface area contributed by atoms with Gasteiger partial charge in [0, 0.05) is 39.3 Å². The Hall–Kier alpha value is -2.34. The summed E-state index contributed by atoms with van der Waals surface area (Å²) in [5.41, 5.74) is 0.988. The maximum absolute atomic E-state index is 12.1. The van der Waals surface area contributed by atoms with Gasteiger partial charge in [-0.3, -0.25) is 14.5 Å². The van der Waals surface area contributed by atoms with E-state index >= 15 is 0 Å². The molecule has 2 amide bonds. The highest BCUT2D eigenvalue weighted by atomic mass is 16.5. The molecule has 0 bridgehead atoms. The van der Waals surface area contributed by atoms with Gasteiger partial charge in [-0.2, -0.15) is 0 Å². The van der Waals surface area contributed by atoms with E-state index in [0.29, 0.717) is 13.1 Å². The van der Waals surface area contributed by atoms with Gasteiger partial charge in [-0.25, -0.2) is 0 Å². The van der Waals surface area contributed by atoms with Crippen molar-refractivity contribution >= 4 is 17.9 Å². The van der Waals surface area contributed by atoms with Crippen LogP contribution in [0.5, 0.6) is 5.75 Å². The van der Waals surface area contributed by atoms with Crippen LogP contribution >= 0.6 is 0 Å². The van der Waals surface area contributed by atoms with Crippen molar-refractivity contribution in [3.8, 4) is 5.75 Å². The molecule has 0 saturated carbocycles. The highest BCUT2D eigenvalue weighted by molar-refractivity contribution is 5.88. The number of carbonyl (C=O) groups is 2. The molecule has 0 radical (unpaired) electrons. The maximum Gasteiger partial charge on any atom is 0.237 e. The van der Waals surface area contributed by atoms with E-state index in [9.17, 15) is 9.59 Å². The van der Waals surface area contributed by atoms with Gasteiger partial charge in [0.05, 0.1) is 19.6 Å². The first-order chi connectivity index (χ1) is 11.5. The Morgan fingerprint density at radius 2 is 2.17 bits per heavy atom. The predicted molar refractivity (Wildman–Crippen MR) is 93.7 cm³/mol. The lowest BCUT2D eigenvalue weighted by Gasteiger charge is -2.34. The average Bonchev–Trinajstić information content (AvgIpc) is 2.57. The molecule has 2 rings (SSSR count). The van der Waals surface area contributed by atoms with Crippen LogP contribution in [0.15, 0.2) is 30.3 Å². The van der Waals surface area contributed by atoms with Crippen molar-refractivity contribution in [2.45, 2.75) is 12.5 Å². The van der Waals surface area contributed by atoms with Crippen molar-refractivity contribution in [3.05, 3.63) is 35.9 Å². The molecule has 1 aliphatic heterocycles. The first-order valence-electron chi connectivity index (χ1n) is 8.04. The summed E-state index contributed by atoms with van der Waals surface area (Å²) in [6.45, 7) is 1.94. The standard InChI is InChI=1S/C18H25N3O3/c1-20(2)17(22)13-15-18(23)19-10-12-21(15)11-6-8-14-7-4-5-9-16(14)24-3/h4-9,15H,10-13H2,1-3H3,(H,19,23)/b8-6+. The second-order valence-electron chi connectivity index (χ2n) is 5.94. The molecule has 130 valence electrons. The lowest BCUT2D eigenvalue weighted by atomic mass is 10.1. The van der Waals surface area contributed by atoms with E-state index in [4.69, 9.17) is 4.74 Å². The molecule has 0 aliphatic carbocycles. The van der Waals surface area contributed by atoms with Crippen molar-refractivity contribution in [3.63, 3.8) is 0 Å². The third-order valence-electron chi connectivity index (χ3n) is 4.08. The minimum atomic E-state index is -0.420. The Morgan fingerprint density at radius 3 is 2.88 bits per heavy atom. The van der Waals surface area contributed by atoms with Gasteiger partial charge in [0.15, 0.2) is 0 Å². The summed E-state index contributed by atoms with van der Waals surface area (Å²) in [5, 5.41) is 2.84. The molecule has 1 saturated heterocycles. The van der Waals surface area contributed by atoms with Crippen LogP contribution < -0.4 is 10.1 Å². The fourth-order valence-corrected chi connectivity index (χ4v) is 2.67. The number of methoxy groups -OCH3 is 1. The number of para-hydroxylation sites is 1. The number of nitrogens with one attached hydrogen (secondary N) is 1. The van der Waals surface area contributed by atoms with E-state index < -0.39 is 6.04 Å². The fourth-order valence-electron chi connectivity index (χ4n) is 2.67. The van der Waals surface area contributed by atoms with Crippen LogP contribution in [0.4, 0.5) is 0 Å². The summed E-state index contributed by atoms with van der Waals surface area (Å²) in [4.78, 5) is 27.6. The van der Waals surface area contributed by atoms with Crippen molar-refractivity contribution in [1.29, 1.82) is 0 Å². The van der Waals surface area contributed by atoms with Crippen LogP contribution in [0.25, 0.3) is 6.08 Å². The Balaban J connectivity index is 2.04. The number of carbonyl (C=O) groups excluding carboxylic acids is 2. The van der Waals surface area contributed by atoms with Gasteiger partial charge in [0.25, 0.3) is 0 Å². The summed E-state index contributed by atoms with van der Waals surface area (Å²) < 4.78 is 5.33. The van der Waals surface area contributed by atoms with Crippen LogP contribution in [-0.4, -0.2) is 68.5 Å². The highest BCUT2D eigenvalue weighted by Gasteiger charge is 2.31. The molecule has 6 heteroatoms. The Labute approximate surface area is 143 Å². The second-order valence-corrected chi connectivity index (χ2v) is 5.94. The lowest BCUT2D eigenvalue weighted by Crippen LogP contribution is -2.56. The van der Waals surface area contributed by atoms with Gasteiger partial charge in [0.1, 0.15) is 5.75 Å². The van der Waals surface area contributed by atoms with Gasteiger partial charge in [-0.05, 0) is 6.07 Å². The van der Waals surface area contributed by atoms with Gasteiger partial charge in [-0.1, -0.05) is 30.4 Å². The molecule has 1 N–H and O–H groups in total. The van der Waals surface area contributed by atoms with Gasteiger partial charge in [-0.15, -0.1) is 0 Å². The first kappa shape index (κ1) is 18.0. The maximum atomic E-state index is 12.1. The summed E-state index contributed by atoms with van der Waals surface area (Å²) in [6, 6.07) is 7.34. The molecule has 1 heterocycles. The van der Waals surface area contributed by atoms with Crippen molar-refractivity contribution in [2.75, 3.05) is 40.8 Å². The molecule has 1 aliphatic rings. The Bertz CT molecular complexity index is 613. The summed E-state index contributed by atoms with van der Waals surface area (Å²) in [6.07, 6.45) is 4.18. The van der Waals surface area contributed by atoms with Gasteiger partial charge >= 0.3 is 0 Å². The largest absolute Gasteiger partial charge is 0.496 e. The zero-order valence-electron chi connectivity index (χ0n) is 14.5. The third-order valence-corrected chi connectivity index (χ3v) is 4.08. The molecule has 1 aromatic rings. The Kier molecular flexibility index (Phi) is 6.37. The average molecular weight is 331 g/mol. The van der Waals surface area contributed by atoms with Gasteiger partial charge in [0.2, 0.25) is 11.8 Å². The van der Waals surface area contributed by atoms with Crippen molar-refractivity contribution in [1.82, 2.24) is 15.1 Å². The van der Waals surface area contributed by atoms with E-state index in [1.54, 1.807) is 21.2 Å².